The SMILES string of the molecule is COC(=O)c1cc(C(=O)COCCCCCCSC)nc2c1-c1[nH]c(C)cc1C1(OCCO1)C2=O. The highest BCUT2D eigenvalue weighted by atomic mass is 32.2. The van der Waals surface area contributed by atoms with Crippen LogP contribution in [0, 0.1) is 6.92 Å². The molecule has 0 aromatic carbocycles. The Morgan fingerprint density at radius 3 is 2.63 bits per heavy atom. The van der Waals surface area contributed by atoms with E-state index < -0.39 is 23.3 Å². The van der Waals surface area contributed by atoms with Crippen molar-refractivity contribution in [1.82, 2.24) is 9.97 Å². The van der Waals surface area contributed by atoms with Crippen LogP contribution in [0.3, 0.4) is 0 Å². The third kappa shape index (κ3) is 4.93. The lowest BCUT2D eigenvalue weighted by molar-refractivity contribution is -0.126. The zero-order valence-corrected chi connectivity index (χ0v) is 21.0. The lowest BCUT2D eigenvalue weighted by Gasteiger charge is -2.31. The number of fused-ring (bicyclic) bond motifs is 4. The van der Waals surface area contributed by atoms with Gasteiger partial charge in [-0.3, -0.25) is 9.59 Å². The summed E-state index contributed by atoms with van der Waals surface area (Å²) in [6, 6.07) is 3.12. The van der Waals surface area contributed by atoms with Gasteiger partial charge in [-0.2, -0.15) is 11.8 Å². The second kappa shape index (κ2) is 11.0. The molecule has 0 unspecified atom stereocenters. The fourth-order valence-corrected chi connectivity index (χ4v) is 4.94. The number of aromatic nitrogens is 2. The second-order valence-electron chi connectivity index (χ2n) is 8.54. The molecule has 2 aromatic rings. The maximum Gasteiger partial charge on any atom is 0.338 e. The Balaban J connectivity index is 1.61. The molecule has 1 spiro atoms. The Morgan fingerprint density at radius 1 is 1.17 bits per heavy atom. The van der Waals surface area contributed by atoms with Crippen molar-refractivity contribution in [3.63, 3.8) is 0 Å². The molecule has 0 radical (unpaired) electrons. The van der Waals surface area contributed by atoms with Crippen molar-refractivity contribution >= 4 is 29.3 Å². The molecule has 1 aliphatic carbocycles. The number of nitrogens with zero attached hydrogens (tertiary/aromatic N) is 1. The van der Waals surface area contributed by atoms with Crippen LogP contribution in [0.2, 0.25) is 0 Å². The summed E-state index contributed by atoms with van der Waals surface area (Å²) in [6.07, 6.45) is 6.28. The predicted octanol–water partition coefficient (Wildman–Crippen LogP) is 3.69. The number of hydrogen-bond acceptors (Lipinski definition) is 9. The number of ketones is 2. The Kier molecular flexibility index (Phi) is 8.05. The van der Waals surface area contributed by atoms with E-state index in [0.717, 1.165) is 30.7 Å². The van der Waals surface area contributed by atoms with Crippen LogP contribution in [0.1, 0.15) is 68.3 Å². The van der Waals surface area contributed by atoms with Crippen molar-refractivity contribution in [2.45, 2.75) is 38.4 Å². The van der Waals surface area contributed by atoms with E-state index in [9.17, 15) is 14.4 Å². The van der Waals surface area contributed by atoms with E-state index in [1.54, 1.807) is 6.07 Å². The number of methoxy groups -OCH3 is 1. The molecule has 0 atom stereocenters. The van der Waals surface area contributed by atoms with Crippen LogP contribution in [0.5, 0.6) is 0 Å². The Hall–Kier alpha value is -2.53. The van der Waals surface area contributed by atoms with Gasteiger partial charge < -0.3 is 23.9 Å². The van der Waals surface area contributed by atoms with Crippen LogP contribution in [-0.2, 0) is 24.7 Å². The smallest absolute Gasteiger partial charge is 0.338 e. The van der Waals surface area contributed by atoms with E-state index in [0.29, 0.717) is 17.9 Å². The van der Waals surface area contributed by atoms with Gasteiger partial charge in [-0.15, -0.1) is 0 Å². The van der Waals surface area contributed by atoms with Crippen LogP contribution in [0.4, 0.5) is 0 Å². The molecule has 1 fully saturated rings. The number of Topliss-reactive ketones (excluding diaryl/α,β-unsaturated/α-hetero) is 2. The molecular formula is C25H30N2O7S. The van der Waals surface area contributed by atoms with Crippen LogP contribution in [-0.4, -0.2) is 73.0 Å². The number of nitrogens with one attached hydrogen (secondary N) is 1. The van der Waals surface area contributed by atoms with Crippen LogP contribution in [0.15, 0.2) is 12.1 Å². The third-order valence-electron chi connectivity index (χ3n) is 6.10. The molecule has 2 aliphatic rings. The van der Waals surface area contributed by atoms with E-state index in [2.05, 4.69) is 16.2 Å². The number of carbonyl (C=O) groups is 3. The molecule has 1 N–H and O–H groups in total. The van der Waals surface area contributed by atoms with Gasteiger partial charge in [0.2, 0.25) is 11.6 Å². The van der Waals surface area contributed by atoms with Gasteiger partial charge in [0, 0.05) is 23.4 Å². The molecule has 9 nitrogen and oxygen atoms in total. The summed E-state index contributed by atoms with van der Waals surface area (Å²) in [4.78, 5) is 46.8. The fourth-order valence-electron chi connectivity index (χ4n) is 4.44. The quantitative estimate of drug-likeness (QED) is 0.279. The molecule has 1 aliphatic heterocycles. The number of aryl methyl sites for hydroxylation is 1. The number of thioether (sulfide) groups is 1. The normalized spacial score (nSPS) is 15.8. The summed E-state index contributed by atoms with van der Waals surface area (Å²) in [7, 11) is 1.25. The number of aromatic amines is 1. The van der Waals surface area contributed by atoms with Crippen LogP contribution in [0.25, 0.3) is 11.3 Å². The summed E-state index contributed by atoms with van der Waals surface area (Å²) in [5.41, 5.74) is 1.96. The van der Waals surface area contributed by atoms with Gasteiger partial charge >= 0.3 is 5.97 Å². The molecule has 3 heterocycles. The Labute approximate surface area is 208 Å². The first-order valence-corrected chi connectivity index (χ1v) is 13.1. The molecule has 1 saturated heterocycles. The van der Waals surface area contributed by atoms with Gasteiger partial charge in [0.25, 0.3) is 5.79 Å². The number of pyridine rings is 1. The highest BCUT2D eigenvalue weighted by Gasteiger charge is 2.54. The first-order chi connectivity index (χ1) is 16.9. The number of ether oxygens (including phenoxy) is 4. The van der Waals surface area contributed by atoms with Gasteiger partial charge in [0.05, 0.1) is 31.6 Å². The lowest BCUT2D eigenvalue weighted by Crippen LogP contribution is -2.41. The van der Waals surface area contributed by atoms with Crippen molar-refractivity contribution in [2.24, 2.45) is 0 Å². The summed E-state index contributed by atoms with van der Waals surface area (Å²) < 4.78 is 22.1. The van der Waals surface area contributed by atoms with Gasteiger partial charge in [-0.1, -0.05) is 12.8 Å². The fraction of sp³-hybridized carbons (Fsp3) is 0.520. The lowest BCUT2D eigenvalue weighted by atomic mass is 9.84. The van der Waals surface area contributed by atoms with Crippen molar-refractivity contribution in [3.05, 3.63) is 40.3 Å². The summed E-state index contributed by atoms with van der Waals surface area (Å²) in [5.74, 6) is -2.17. The Bertz CT molecular complexity index is 1120. The number of rotatable bonds is 11. The number of carbonyl (C=O) groups excluding carboxylic acids is 3. The molecule has 0 amide bonds. The number of hydrogen-bond donors (Lipinski definition) is 1. The zero-order valence-electron chi connectivity index (χ0n) is 20.2. The van der Waals surface area contributed by atoms with Crippen molar-refractivity contribution in [1.29, 1.82) is 0 Å². The van der Waals surface area contributed by atoms with Gasteiger partial charge in [0.15, 0.2) is 0 Å². The topological polar surface area (TPSA) is 117 Å². The van der Waals surface area contributed by atoms with E-state index >= 15 is 0 Å². The largest absolute Gasteiger partial charge is 0.465 e. The molecule has 2 aromatic heterocycles. The number of esters is 1. The third-order valence-corrected chi connectivity index (χ3v) is 6.79. The van der Waals surface area contributed by atoms with Crippen LogP contribution < -0.4 is 0 Å². The van der Waals surface area contributed by atoms with E-state index in [4.69, 9.17) is 18.9 Å². The Morgan fingerprint density at radius 2 is 1.91 bits per heavy atom. The second-order valence-corrected chi connectivity index (χ2v) is 9.52. The van der Waals surface area contributed by atoms with Gasteiger partial charge in [0.1, 0.15) is 18.0 Å². The van der Waals surface area contributed by atoms with E-state index in [1.165, 1.54) is 19.6 Å². The molecule has 0 bridgehead atoms. The average molecular weight is 503 g/mol. The highest BCUT2D eigenvalue weighted by molar-refractivity contribution is 7.98. The van der Waals surface area contributed by atoms with Gasteiger partial charge in [-0.25, -0.2) is 9.78 Å². The minimum absolute atomic E-state index is 0.0441. The number of H-pyrrole nitrogens is 1. The molecular weight excluding hydrogens is 472 g/mol. The van der Waals surface area contributed by atoms with Gasteiger partial charge in [-0.05, 0) is 43.9 Å². The first kappa shape index (κ1) is 25.6. The minimum atomic E-state index is -1.65. The molecule has 10 heteroatoms. The van der Waals surface area contributed by atoms with Crippen molar-refractivity contribution in [2.75, 3.05) is 45.5 Å². The zero-order chi connectivity index (χ0) is 25.0. The first-order valence-electron chi connectivity index (χ1n) is 11.7. The molecule has 4 rings (SSSR count). The monoisotopic (exact) mass is 502 g/mol. The predicted molar refractivity (Wildman–Crippen MR) is 130 cm³/mol. The summed E-state index contributed by atoms with van der Waals surface area (Å²) in [5, 5.41) is 0. The highest BCUT2D eigenvalue weighted by Crippen LogP contribution is 2.47. The molecule has 0 saturated carbocycles. The summed E-state index contributed by atoms with van der Waals surface area (Å²) >= 11 is 1.83. The summed E-state index contributed by atoms with van der Waals surface area (Å²) in [6.45, 7) is 2.55. The number of unbranched alkanes of at least 4 members (excludes halogenated alkanes) is 3. The molecule has 188 valence electrons. The maximum atomic E-state index is 13.6. The van der Waals surface area contributed by atoms with Crippen molar-refractivity contribution in [3.8, 4) is 11.3 Å². The van der Waals surface area contributed by atoms with Crippen molar-refractivity contribution < 1.29 is 33.3 Å². The minimum Gasteiger partial charge on any atom is -0.465 e. The maximum absolute atomic E-state index is 13.6. The van der Waals surface area contributed by atoms with E-state index in [-0.39, 0.29) is 42.3 Å². The average Bonchev–Trinajstić information content (AvgIpc) is 3.51. The standard InChI is InChI=1S/C25H30N2O7S/c1-15-12-17-21(26-15)20-16(24(30)31-2)13-18(19(28)14-32-8-6-4-5-7-11-35-3)27-22(20)23(29)25(17)33-9-10-34-25/h12-13,26H,4-11,14H2,1-3H3. The molecule has 35 heavy (non-hydrogen) atoms. The van der Waals surface area contributed by atoms with E-state index in [1.807, 2.05) is 18.7 Å². The van der Waals surface area contributed by atoms with Crippen LogP contribution >= 0.6 is 11.8 Å².